The van der Waals surface area contributed by atoms with Crippen LogP contribution in [0, 0.1) is 5.92 Å². The topological polar surface area (TPSA) is 149 Å². The van der Waals surface area contributed by atoms with Crippen LogP contribution in [0.1, 0.15) is 61.6 Å². The van der Waals surface area contributed by atoms with Crippen LogP contribution in [0.25, 0.3) is 10.9 Å². The predicted molar refractivity (Wildman–Crippen MR) is 197 cm³/mol. The first-order valence-corrected chi connectivity index (χ1v) is 19.9. The van der Waals surface area contributed by atoms with Crippen molar-refractivity contribution in [3.8, 4) is 0 Å². The van der Waals surface area contributed by atoms with Crippen LogP contribution in [0.4, 0.5) is 29.7 Å². The molecule has 5 heterocycles. The van der Waals surface area contributed by atoms with Gasteiger partial charge >= 0.3 is 12.2 Å². The third kappa shape index (κ3) is 8.33. The quantitative estimate of drug-likeness (QED) is 0.204. The molecular formula is C37H46F3N9O4S. The number of anilines is 2. The SMILES string of the molecule is C[C@H](Cc1cccc(S(=O)(=O)N2CCC(Nc3ncc(C(F)(F)F)cn3)CC2)c1)CN1CCC(c2ccc3c(N4CCC(O)NC4=O)nn(C)c3c2)CC1. The summed E-state index contributed by atoms with van der Waals surface area (Å²) in [6.45, 7) is 5.98. The van der Waals surface area contributed by atoms with Crippen LogP contribution in [-0.4, -0.2) is 100 Å². The van der Waals surface area contributed by atoms with Crippen LogP contribution in [-0.2, 0) is 29.7 Å². The summed E-state index contributed by atoms with van der Waals surface area (Å²) in [7, 11) is -1.83. The van der Waals surface area contributed by atoms with E-state index in [0.717, 1.165) is 67.8 Å². The van der Waals surface area contributed by atoms with Crippen molar-refractivity contribution in [2.24, 2.45) is 13.0 Å². The predicted octanol–water partition coefficient (Wildman–Crippen LogP) is 4.94. The summed E-state index contributed by atoms with van der Waals surface area (Å²) in [5, 5.41) is 20.9. The first kappa shape index (κ1) is 38.0. The molecule has 3 aliphatic rings. The zero-order chi connectivity index (χ0) is 38.2. The number of halogens is 3. The van der Waals surface area contributed by atoms with Gasteiger partial charge in [-0.3, -0.25) is 9.58 Å². The number of amides is 2. The number of aryl methyl sites for hydroxylation is 1. The number of urea groups is 1. The summed E-state index contributed by atoms with van der Waals surface area (Å²) in [6.07, 6.45) is 0.295. The Morgan fingerprint density at radius 3 is 2.39 bits per heavy atom. The number of carbonyl (C=O) groups is 1. The Bertz CT molecular complexity index is 2060. The molecule has 4 aromatic rings. The molecule has 3 fully saturated rings. The molecule has 54 heavy (non-hydrogen) atoms. The van der Waals surface area contributed by atoms with E-state index in [1.807, 2.05) is 17.8 Å². The molecule has 2 aromatic heterocycles. The number of aliphatic hydroxyl groups excluding tert-OH is 1. The number of aliphatic hydroxyl groups is 1. The second kappa shape index (κ2) is 15.4. The van der Waals surface area contributed by atoms with Crippen LogP contribution >= 0.6 is 0 Å². The maximum atomic E-state index is 13.6. The van der Waals surface area contributed by atoms with Gasteiger partial charge in [-0.05, 0) is 92.4 Å². The van der Waals surface area contributed by atoms with Crippen LogP contribution in [0.3, 0.4) is 0 Å². The minimum atomic E-state index is -4.51. The van der Waals surface area contributed by atoms with Crippen molar-refractivity contribution < 1.29 is 31.5 Å². The van der Waals surface area contributed by atoms with Gasteiger partial charge in [0, 0.05) is 63.5 Å². The second-order valence-electron chi connectivity index (χ2n) is 14.8. The maximum Gasteiger partial charge on any atom is 0.419 e. The number of benzene rings is 2. The van der Waals surface area contributed by atoms with E-state index in [-0.39, 0.29) is 36.0 Å². The Hall–Kier alpha value is -4.32. The molecule has 2 amide bonds. The van der Waals surface area contributed by atoms with Gasteiger partial charge in [0.2, 0.25) is 16.0 Å². The van der Waals surface area contributed by atoms with Gasteiger partial charge in [0.05, 0.1) is 16.0 Å². The van der Waals surface area contributed by atoms with E-state index >= 15 is 0 Å². The number of alkyl halides is 3. The number of sulfonamides is 1. The van der Waals surface area contributed by atoms with Gasteiger partial charge in [-0.2, -0.15) is 22.6 Å². The van der Waals surface area contributed by atoms with Gasteiger partial charge in [-0.1, -0.05) is 25.1 Å². The first-order chi connectivity index (χ1) is 25.7. The third-order valence-electron chi connectivity index (χ3n) is 10.8. The summed E-state index contributed by atoms with van der Waals surface area (Å²) >= 11 is 0. The number of rotatable bonds is 10. The van der Waals surface area contributed by atoms with E-state index in [0.29, 0.717) is 43.5 Å². The molecule has 13 nitrogen and oxygen atoms in total. The van der Waals surface area contributed by atoms with Crippen LogP contribution in [0.5, 0.6) is 0 Å². The Morgan fingerprint density at radius 1 is 0.981 bits per heavy atom. The number of aromatic nitrogens is 4. The van der Waals surface area contributed by atoms with Gasteiger partial charge in [0.15, 0.2) is 5.82 Å². The fourth-order valence-electron chi connectivity index (χ4n) is 7.87. The Labute approximate surface area is 312 Å². The second-order valence-corrected chi connectivity index (χ2v) is 16.7. The molecule has 17 heteroatoms. The summed E-state index contributed by atoms with van der Waals surface area (Å²) < 4.78 is 69.0. The molecule has 2 aromatic carbocycles. The summed E-state index contributed by atoms with van der Waals surface area (Å²) in [5.74, 6) is 1.41. The monoisotopic (exact) mass is 769 g/mol. The van der Waals surface area contributed by atoms with Crippen LogP contribution in [0.15, 0.2) is 59.8 Å². The van der Waals surface area contributed by atoms with E-state index in [1.54, 1.807) is 23.1 Å². The lowest BCUT2D eigenvalue weighted by Gasteiger charge is -2.34. The number of carbonyl (C=O) groups excluding carboxylic acids is 1. The van der Waals surface area contributed by atoms with Crippen molar-refractivity contribution in [3.05, 3.63) is 71.5 Å². The number of hydrogen-bond acceptors (Lipinski definition) is 9. The number of hydrogen-bond donors (Lipinski definition) is 3. The molecule has 290 valence electrons. The Morgan fingerprint density at radius 2 is 1.70 bits per heavy atom. The summed E-state index contributed by atoms with van der Waals surface area (Å²) in [4.78, 5) is 24.4. The number of piperidine rings is 2. The number of fused-ring (bicyclic) bond motifs is 1. The lowest BCUT2D eigenvalue weighted by atomic mass is 9.88. The summed E-state index contributed by atoms with van der Waals surface area (Å²) in [5.41, 5.74) is 2.27. The van der Waals surface area contributed by atoms with E-state index in [2.05, 4.69) is 55.7 Å². The highest BCUT2D eigenvalue weighted by Crippen LogP contribution is 2.34. The van der Waals surface area contributed by atoms with Crippen molar-refractivity contribution >= 4 is 38.7 Å². The summed E-state index contributed by atoms with van der Waals surface area (Å²) in [6, 6.07) is 13.1. The average Bonchev–Trinajstić information content (AvgIpc) is 3.47. The van der Waals surface area contributed by atoms with Crippen LogP contribution < -0.4 is 15.5 Å². The maximum absolute atomic E-state index is 13.6. The normalized spacial score (nSPS) is 20.7. The van der Waals surface area contributed by atoms with Crippen molar-refractivity contribution in [3.63, 3.8) is 0 Å². The first-order valence-electron chi connectivity index (χ1n) is 18.4. The standard InChI is InChI=1S/C37H46F3N9O4S/c1-24(23-47-13-8-26(9-14-47)27-6-7-31-32(20-27)46(2)45-34(31)49-17-12-33(50)44-36(49)51)18-25-4-3-5-30(19-25)54(52,53)48-15-10-29(11-16-48)43-35-41-21-28(22-42-35)37(38,39)40/h3-7,19-22,24,26,29,33,50H,8-18,23H2,1-2H3,(H,44,51)(H,41,42,43)/t24-,33?/m1/s1. The van der Waals surface area contributed by atoms with Gasteiger partial charge in [-0.25, -0.2) is 23.2 Å². The molecule has 0 radical (unpaired) electrons. The minimum Gasteiger partial charge on any atom is -0.374 e. The number of likely N-dealkylation sites (tertiary alicyclic amines) is 1. The molecule has 3 N–H and O–H groups in total. The highest BCUT2D eigenvalue weighted by Gasteiger charge is 2.33. The molecule has 3 aliphatic heterocycles. The third-order valence-corrected chi connectivity index (χ3v) is 12.7. The van der Waals surface area contributed by atoms with Crippen molar-refractivity contribution in [2.75, 3.05) is 49.5 Å². The molecule has 7 rings (SSSR count). The molecule has 3 saturated heterocycles. The van der Waals surface area contributed by atoms with E-state index in [9.17, 15) is 31.5 Å². The molecule has 0 saturated carbocycles. The fourth-order valence-corrected chi connectivity index (χ4v) is 9.41. The zero-order valence-electron chi connectivity index (χ0n) is 30.3. The van der Waals surface area contributed by atoms with Gasteiger partial charge < -0.3 is 20.6 Å². The minimum absolute atomic E-state index is 0.0854. The van der Waals surface area contributed by atoms with E-state index in [1.165, 1.54) is 9.87 Å². The van der Waals surface area contributed by atoms with Crippen molar-refractivity contribution in [1.29, 1.82) is 0 Å². The fraction of sp³-hybridized carbons (Fsp3) is 0.514. The highest BCUT2D eigenvalue weighted by molar-refractivity contribution is 7.89. The lowest BCUT2D eigenvalue weighted by molar-refractivity contribution is -0.138. The molecule has 1 unspecified atom stereocenters. The van der Waals surface area contributed by atoms with Gasteiger partial charge in [-0.15, -0.1) is 0 Å². The number of nitrogens with one attached hydrogen (secondary N) is 2. The van der Waals surface area contributed by atoms with Crippen molar-refractivity contribution in [2.45, 2.75) is 74.7 Å². The van der Waals surface area contributed by atoms with E-state index < -0.39 is 28.0 Å². The largest absolute Gasteiger partial charge is 0.419 e. The lowest BCUT2D eigenvalue weighted by Crippen LogP contribution is -2.52. The average molecular weight is 770 g/mol. The van der Waals surface area contributed by atoms with Gasteiger partial charge in [0.1, 0.15) is 6.23 Å². The number of nitrogens with zero attached hydrogens (tertiary/aromatic N) is 7. The molecule has 0 spiro atoms. The van der Waals surface area contributed by atoms with Crippen LogP contribution in [0.2, 0.25) is 0 Å². The molecule has 0 bridgehead atoms. The molecule has 0 aliphatic carbocycles. The molecule has 2 atom stereocenters. The highest BCUT2D eigenvalue weighted by atomic mass is 32.2. The Kier molecular flexibility index (Phi) is 10.9. The zero-order valence-corrected chi connectivity index (χ0v) is 31.2. The molecular weight excluding hydrogens is 724 g/mol. The van der Waals surface area contributed by atoms with Crippen molar-refractivity contribution in [1.82, 2.24) is 34.3 Å². The van der Waals surface area contributed by atoms with E-state index in [4.69, 9.17) is 0 Å². The Balaban J connectivity index is 0.893. The smallest absolute Gasteiger partial charge is 0.374 e. The van der Waals surface area contributed by atoms with Gasteiger partial charge in [0.25, 0.3) is 0 Å².